The molecular weight excluding hydrogens is 443 g/mol. The highest BCUT2D eigenvalue weighted by molar-refractivity contribution is 6.02. The smallest absolute Gasteiger partial charge is 0.265 e. The van der Waals surface area contributed by atoms with Crippen molar-refractivity contribution in [1.29, 1.82) is 0 Å². The van der Waals surface area contributed by atoms with Crippen molar-refractivity contribution in [3.8, 4) is 11.5 Å². The Bertz CT molecular complexity index is 1050. The summed E-state index contributed by atoms with van der Waals surface area (Å²) in [6.45, 7) is 1.18. The van der Waals surface area contributed by atoms with Crippen molar-refractivity contribution in [2.24, 2.45) is 0 Å². The number of nitrogens with one attached hydrogen (secondary N) is 1. The molecule has 9 heteroatoms. The number of fused-ring (bicyclic) bond motifs is 1. The SMILES string of the molecule is O=C(CCCN1C(=O)COc2ccc(C(=O)COc3cccc(F)c3)cc21)NCC1CCCO1. The van der Waals surface area contributed by atoms with E-state index in [9.17, 15) is 18.8 Å². The maximum absolute atomic E-state index is 13.3. The van der Waals surface area contributed by atoms with Crippen LogP contribution in [0.25, 0.3) is 0 Å². The minimum atomic E-state index is -0.453. The van der Waals surface area contributed by atoms with Crippen molar-refractivity contribution in [3.63, 3.8) is 0 Å². The number of carbonyl (C=O) groups is 3. The largest absolute Gasteiger partial charge is 0.485 e. The van der Waals surface area contributed by atoms with E-state index in [0.717, 1.165) is 19.4 Å². The molecule has 4 rings (SSSR count). The van der Waals surface area contributed by atoms with E-state index in [1.54, 1.807) is 24.3 Å². The van der Waals surface area contributed by atoms with Crippen molar-refractivity contribution < 1.29 is 33.0 Å². The van der Waals surface area contributed by atoms with Crippen molar-refractivity contribution in [1.82, 2.24) is 5.32 Å². The molecule has 1 N–H and O–H groups in total. The third kappa shape index (κ3) is 6.11. The molecule has 1 saturated heterocycles. The summed E-state index contributed by atoms with van der Waals surface area (Å²) in [6, 6.07) is 10.4. The van der Waals surface area contributed by atoms with Gasteiger partial charge in [0.15, 0.2) is 19.0 Å². The zero-order valence-electron chi connectivity index (χ0n) is 18.8. The van der Waals surface area contributed by atoms with Crippen LogP contribution < -0.4 is 19.7 Å². The fourth-order valence-electron chi connectivity index (χ4n) is 3.93. The topological polar surface area (TPSA) is 94.2 Å². The number of ether oxygens (including phenoxy) is 3. The van der Waals surface area contributed by atoms with E-state index in [2.05, 4.69) is 5.32 Å². The molecule has 0 saturated carbocycles. The first-order valence-corrected chi connectivity index (χ1v) is 11.4. The van der Waals surface area contributed by atoms with Crippen LogP contribution in [0.3, 0.4) is 0 Å². The molecule has 0 bridgehead atoms. The van der Waals surface area contributed by atoms with Crippen LogP contribution in [-0.4, -0.2) is 56.6 Å². The first-order valence-electron chi connectivity index (χ1n) is 11.4. The number of Topliss-reactive ketones (excluding diaryl/α,β-unsaturated/α-hetero) is 1. The third-order valence-corrected chi connectivity index (χ3v) is 5.73. The number of nitrogens with zero attached hydrogens (tertiary/aromatic N) is 1. The molecule has 0 aromatic heterocycles. The Morgan fingerprint density at radius 1 is 1.21 bits per heavy atom. The van der Waals surface area contributed by atoms with Gasteiger partial charge < -0.3 is 24.4 Å². The van der Waals surface area contributed by atoms with Crippen LogP contribution in [0.2, 0.25) is 0 Å². The summed E-state index contributed by atoms with van der Waals surface area (Å²) in [7, 11) is 0. The number of benzene rings is 2. The summed E-state index contributed by atoms with van der Waals surface area (Å²) < 4.78 is 29.7. The molecule has 2 aromatic rings. The van der Waals surface area contributed by atoms with Gasteiger partial charge >= 0.3 is 0 Å². The fraction of sp³-hybridized carbons (Fsp3) is 0.400. The predicted molar refractivity (Wildman–Crippen MR) is 122 cm³/mol. The predicted octanol–water partition coefficient (Wildman–Crippen LogP) is 2.89. The van der Waals surface area contributed by atoms with Gasteiger partial charge in [0.05, 0.1) is 11.8 Å². The molecule has 0 spiro atoms. The van der Waals surface area contributed by atoms with Crippen molar-refractivity contribution in [2.45, 2.75) is 31.8 Å². The zero-order chi connectivity index (χ0) is 23.9. The average Bonchev–Trinajstić information content (AvgIpc) is 3.36. The van der Waals surface area contributed by atoms with E-state index >= 15 is 0 Å². The van der Waals surface area contributed by atoms with Crippen molar-refractivity contribution >= 4 is 23.3 Å². The summed E-state index contributed by atoms with van der Waals surface area (Å²) in [4.78, 5) is 38.8. The van der Waals surface area contributed by atoms with Crippen LogP contribution in [0.5, 0.6) is 11.5 Å². The van der Waals surface area contributed by atoms with E-state index in [1.807, 2.05) is 0 Å². The maximum atomic E-state index is 13.3. The van der Waals surface area contributed by atoms with Crippen LogP contribution in [0.4, 0.5) is 10.1 Å². The van der Waals surface area contributed by atoms with Gasteiger partial charge in [0.1, 0.15) is 17.3 Å². The van der Waals surface area contributed by atoms with Gasteiger partial charge in [-0.05, 0) is 49.6 Å². The van der Waals surface area contributed by atoms with Gasteiger partial charge in [0.25, 0.3) is 5.91 Å². The summed E-state index contributed by atoms with van der Waals surface area (Å²) in [5.74, 6) is -0.360. The molecule has 8 nitrogen and oxygen atoms in total. The number of anilines is 1. The van der Waals surface area contributed by atoms with Gasteiger partial charge in [-0.2, -0.15) is 0 Å². The Kier molecular flexibility index (Phi) is 7.74. The lowest BCUT2D eigenvalue weighted by Gasteiger charge is -2.29. The molecule has 2 aliphatic heterocycles. The maximum Gasteiger partial charge on any atom is 0.265 e. The van der Waals surface area contributed by atoms with E-state index in [0.29, 0.717) is 36.5 Å². The molecule has 2 aromatic carbocycles. The second-order valence-corrected chi connectivity index (χ2v) is 8.23. The molecule has 2 heterocycles. The Balaban J connectivity index is 1.33. The van der Waals surface area contributed by atoms with Crippen LogP contribution >= 0.6 is 0 Å². The number of carbonyl (C=O) groups excluding carboxylic acids is 3. The Morgan fingerprint density at radius 3 is 2.88 bits per heavy atom. The van der Waals surface area contributed by atoms with E-state index in [-0.39, 0.29) is 49.1 Å². The number of hydrogen-bond donors (Lipinski definition) is 1. The van der Waals surface area contributed by atoms with Crippen LogP contribution in [0.1, 0.15) is 36.0 Å². The summed E-state index contributed by atoms with van der Waals surface area (Å²) in [6.07, 6.45) is 2.78. The molecule has 1 fully saturated rings. The first kappa shape index (κ1) is 23.7. The lowest BCUT2D eigenvalue weighted by atomic mass is 10.1. The Hall–Kier alpha value is -3.46. The highest BCUT2D eigenvalue weighted by atomic mass is 19.1. The van der Waals surface area contributed by atoms with Gasteiger partial charge in [-0.1, -0.05) is 6.07 Å². The van der Waals surface area contributed by atoms with E-state index < -0.39 is 5.82 Å². The lowest BCUT2D eigenvalue weighted by Crippen LogP contribution is -2.40. The van der Waals surface area contributed by atoms with Gasteiger partial charge in [0.2, 0.25) is 5.91 Å². The first-order chi connectivity index (χ1) is 16.5. The summed E-state index contributed by atoms with van der Waals surface area (Å²) in [5.41, 5.74) is 0.820. The summed E-state index contributed by atoms with van der Waals surface area (Å²) in [5, 5.41) is 2.87. The van der Waals surface area contributed by atoms with Gasteiger partial charge in [-0.15, -0.1) is 0 Å². The lowest BCUT2D eigenvalue weighted by molar-refractivity contribution is -0.123. The number of ketones is 1. The highest BCUT2D eigenvalue weighted by Gasteiger charge is 2.26. The van der Waals surface area contributed by atoms with Gasteiger partial charge in [-0.25, -0.2) is 4.39 Å². The Morgan fingerprint density at radius 2 is 2.09 bits per heavy atom. The number of rotatable bonds is 10. The zero-order valence-corrected chi connectivity index (χ0v) is 18.8. The summed E-state index contributed by atoms with van der Waals surface area (Å²) >= 11 is 0. The standard InChI is InChI=1S/C25H27FN2O6/c26-18-4-1-5-19(13-18)33-15-22(29)17-8-9-23-21(12-17)28(25(31)16-34-23)10-2-7-24(30)27-14-20-6-3-11-32-20/h1,4-5,8-9,12-13,20H,2-3,6-7,10-11,14-16H2,(H,27,30). The molecule has 0 aliphatic carbocycles. The van der Waals surface area contributed by atoms with Crippen LogP contribution in [0, 0.1) is 5.82 Å². The second-order valence-electron chi connectivity index (χ2n) is 8.23. The fourth-order valence-corrected chi connectivity index (χ4v) is 3.93. The molecule has 1 atom stereocenters. The second kappa shape index (κ2) is 11.1. The molecule has 0 radical (unpaired) electrons. The van der Waals surface area contributed by atoms with Gasteiger partial charge in [-0.3, -0.25) is 14.4 Å². The molecule has 34 heavy (non-hydrogen) atoms. The molecule has 1 unspecified atom stereocenters. The Labute approximate surface area is 197 Å². The molecular formula is C25H27FN2O6. The number of halogens is 1. The van der Waals surface area contributed by atoms with Crippen LogP contribution in [-0.2, 0) is 14.3 Å². The van der Waals surface area contributed by atoms with E-state index in [1.165, 1.54) is 23.1 Å². The highest BCUT2D eigenvalue weighted by Crippen LogP contribution is 2.33. The quantitative estimate of drug-likeness (QED) is 0.537. The van der Waals surface area contributed by atoms with Crippen molar-refractivity contribution in [2.75, 3.05) is 37.8 Å². The van der Waals surface area contributed by atoms with Gasteiger partial charge in [0, 0.05) is 37.7 Å². The number of amides is 2. The van der Waals surface area contributed by atoms with Crippen molar-refractivity contribution in [3.05, 3.63) is 53.8 Å². The minimum absolute atomic E-state index is 0.0810. The molecule has 180 valence electrons. The number of hydrogen-bond acceptors (Lipinski definition) is 6. The van der Waals surface area contributed by atoms with E-state index in [4.69, 9.17) is 14.2 Å². The minimum Gasteiger partial charge on any atom is -0.485 e. The normalized spacial score (nSPS) is 17.1. The van der Waals surface area contributed by atoms with Crippen LogP contribution in [0.15, 0.2) is 42.5 Å². The third-order valence-electron chi connectivity index (χ3n) is 5.73. The average molecular weight is 470 g/mol. The monoisotopic (exact) mass is 470 g/mol. The molecule has 2 aliphatic rings. The molecule has 2 amide bonds.